The van der Waals surface area contributed by atoms with Crippen molar-refractivity contribution >= 4 is 26.2 Å². The topological polar surface area (TPSA) is 12.5 Å². The first-order valence-corrected chi connectivity index (χ1v) is 6.17. The fourth-order valence-corrected chi connectivity index (χ4v) is 1.51. The molecule has 0 fully saturated rings. The van der Waals surface area contributed by atoms with Crippen LogP contribution >= 0.6 is 22.6 Å². The number of hydrogen-bond donors (Lipinski definition) is 0. The van der Waals surface area contributed by atoms with E-state index in [1.807, 2.05) is 19.0 Å². The zero-order chi connectivity index (χ0) is 12.8. The van der Waals surface area contributed by atoms with Gasteiger partial charge in [-0.25, -0.2) is 0 Å². The summed E-state index contributed by atoms with van der Waals surface area (Å²) in [5.74, 6) is 0.694. The predicted molar refractivity (Wildman–Crippen MR) is 73.6 cm³/mol. The Morgan fingerprint density at radius 3 is 2.29 bits per heavy atom. The molecule has 0 spiro atoms. The first kappa shape index (κ1) is 14.4. The van der Waals surface area contributed by atoms with Gasteiger partial charge in [0.2, 0.25) is 0 Å². The van der Waals surface area contributed by atoms with E-state index in [-0.39, 0.29) is 3.58 Å². The van der Waals surface area contributed by atoms with Crippen molar-refractivity contribution in [3.63, 3.8) is 0 Å². The lowest BCUT2D eigenvalue weighted by atomic mass is 10.2. The molecule has 5 heteroatoms. The van der Waals surface area contributed by atoms with Crippen LogP contribution in [0.1, 0.15) is 5.56 Å². The average Bonchev–Trinajstić information content (AvgIpc) is 2.28. The molecule has 0 saturated carbocycles. The van der Waals surface area contributed by atoms with Crippen LogP contribution in [0.25, 0.3) is 3.58 Å². The van der Waals surface area contributed by atoms with E-state index in [1.165, 1.54) is 0 Å². The van der Waals surface area contributed by atoms with Gasteiger partial charge in [-0.05, 0) is 54.4 Å². The summed E-state index contributed by atoms with van der Waals surface area (Å²) in [5.41, 5.74) is 0.505. The highest BCUT2D eigenvalue weighted by Crippen LogP contribution is 2.28. The standard InChI is InChI=1S/C12H14F2INO/c1-16(2)7-8-17-10-5-3-9(4-6-10)11(15)12(13)14/h3-6H,7-8H2,1-2H3. The van der Waals surface area contributed by atoms with Crippen LogP contribution in [0.3, 0.4) is 0 Å². The Morgan fingerprint density at radius 1 is 1.24 bits per heavy atom. The third-order valence-corrected chi connectivity index (χ3v) is 3.11. The molecule has 1 rings (SSSR count). The molecule has 0 aliphatic carbocycles. The predicted octanol–water partition coefficient (Wildman–Crippen LogP) is 3.63. The summed E-state index contributed by atoms with van der Waals surface area (Å²) in [5, 5.41) is 0. The molecule has 17 heavy (non-hydrogen) atoms. The molecule has 94 valence electrons. The SMILES string of the molecule is CN(C)CCOc1ccc(C(I)=C(F)F)cc1. The lowest BCUT2D eigenvalue weighted by Crippen LogP contribution is -2.19. The Balaban J connectivity index is 2.60. The van der Waals surface area contributed by atoms with Gasteiger partial charge in [-0.1, -0.05) is 12.1 Å². The van der Waals surface area contributed by atoms with Crippen molar-refractivity contribution in [2.45, 2.75) is 0 Å². The smallest absolute Gasteiger partial charge is 0.284 e. The molecule has 0 amide bonds. The number of ether oxygens (including phenoxy) is 1. The second-order valence-electron chi connectivity index (χ2n) is 3.75. The van der Waals surface area contributed by atoms with Crippen molar-refractivity contribution < 1.29 is 13.5 Å². The lowest BCUT2D eigenvalue weighted by molar-refractivity contribution is 0.261. The lowest BCUT2D eigenvalue weighted by Gasteiger charge is -2.11. The van der Waals surface area contributed by atoms with Crippen LogP contribution in [0.2, 0.25) is 0 Å². The molecule has 0 aliphatic rings. The second kappa shape index (κ2) is 6.90. The number of hydrogen-bond acceptors (Lipinski definition) is 2. The molecule has 0 aromatic heterocycles. The zero-order valence-corrected chi connectivity index (χ0v) is 11.9. The molecule has 0 bridgehead atoms. The Kier molecular flexibility index (Phi) is 5.84. The van der Waals surface area contributed by atoms with Gasteiger partial charge in [0.1, 0.15) is 12.4 Å². The summed E-state index contributed by atoms with van der Waals surface area (Å²) in [4.78, 5) is 2.01. The van der Waals surface area contributed by atoms with Crippen LogP contribution in [-0.2, 0) is 0 Å². The number of nitrogens with zero attached hydrogens (tertiary/aromatic N) is 1. The minimum absolute atomic E-state index is 0.0255. The Hall–Kier alpha value is -0.690. The molecule has 0 atom stereocenters. The zero-order valence-electron chi connectivity index (χ0n) is 9.71. The Labute approximate surface area is 113 Å². The van der Waals surface area contributed by atoms with E-state index in [0.29, 0.717) is 17.9 Å². The normalized spacial score (nSPS) is 10.5. The van der Waals surface area contributed by atoms with Gasteiger partial charge in [0.15, 0.2) is 0 Å². The second-order valence-corrected chi connectivity index (χ2v) is 4.83. The van der Waals surface area contributed by atoms with Gasteiger partial charge in [-0.15, -0.1) is 0 Å². The summed E-state index contributed by atoms with van der Waals surface area (Å²) < 4.78 is 30.1. The summed E-state index contributed by atoms with van der Waals surface area (Å²) in [6.45, 7) is 1.40. The van der Waals surface area contributed by atoms with Gasteiger partial charge in [0.25, 0.3) is 6.08 Å². The third-order valence-electron chi connectivity index (χ3n) is 2.08. The highest BCUT2D eigenvalue weighted by Gasteiger charge is 2.05. The molecule has 0 N–H and O–H groups in total. The Bertz CT molecular complexity index is 386. The van der Waals surface area contributed by atoms with Crippen LogP contribution in [-0.4, -0.2) is 32.1 Å². The molecule has 1 aromatic rings. The molecular weight excluding hydrogens is 339 g/mol. The molecule has 2 nitrogen and oxygen atoms in total. The van der Waals surface area contributed by atoms with Gasteiger partial charge in [-0.3, -0.25) is 0 Å². The van der Waals surface area contributed by atoms with Gasteiger partial charge in [0.05, 0.1) is 3.58 Å². The van der Waals surface area contributed by atoms with Crippen LogP contribution < -0.4 is 4.74 Å². The van der Waals surface area contributed by atoms with Crippen LogP contribution in [0, 0.1) is 0 Å². The number of likely N-dealkylation sites (N-methyl/N-ethyl adjacent to an activating group) is 1. The Morgan fingerprint density at radius 2 is 1.82 bits per heavy atom. The maximum Gasteiger partial charge on any atom is 0.284 e. The van der Waals surface area contributed by atoms with E-state index in [1.54, 1.807) is 46.9 Å². The third kappa shape index (κ3) is 4.99. The van der Waals surface area contributed by atoms with Crippen molar-refractivity contribution in [3.05, 3.63) is 35.9 Å². The highest BCUT2D eigenvalue weighted by molar-refractivity contribution is 14.1. The first-order chi connectivity index (χ1) is 8.00. The van der Waals surface area contributed by atoms with Gasteiger partial charge < -0.3 is 9.64 Å². The largest absolute Gasteiger partial charge is 0.492 e. The molecule has 0 unspecified atom stereocenters. The monoisotopic (exact) mass is 353 g/mol. The van der Waals surface area contributed by atoms with Crippen molar-refractivity contribution in [1.82, 2.24) is 4.90 Å². The quantitative estimate of drug-likeness (QED) is 0.750. The molecular formula is C12H14F2INO. The summed E-state index contributed by atoms with van der Waals surface area (Å²) in [6.07, 6.45) is -1.66. The van der Waals surface area contributed by atoms with Crippen molar-refractivity contribution in [2.75, 3.05) is 27.2 Å². The van der Waals surface area contributed by atoms with E-state index in [4.69, 9.17) is 4.74 Å². The minimum Gasteiger partial charge on any atom is -0.492 e. The number of rotatable bonds is 5. The molecule has 1 aromatic carbocycles. The molecule has 0 heterocycles. The van der Waals surface area contributed by atoms with E-state index in [0.717, 1.165) is 6.54 Å². The van der Waals surface area contributed by atoms with E-state index in [9.17, 15) is 8.78 Å². The summed E-state index contributed by atoms with van der Waals surface area (Å²) in [7, 11) is 3.92. The average molecular weight is 353 g/mol. The van der Waals surface area contributed by atoms with Crippen LogP contribution in [0.15, 0.2) is 30.3 Å². The van der Waals surface area contributed by atoms with Gasteiger partial charge in [-0.2, -0.15) is 8.78 Å². The van der Waals surface area contributed by atoms with E-state index >= 15 is 0 Å². The van der Waals surface area contributed by atoms with Gasteiger partial charge >= 0.3 is 0 Å². The van der Waals surface area contributed by atoms with Crippen LogP contribution in [0.5, 0.6) is 5.75 Å². The molecule has 0 aliphatic heterocycles. The number of halogens is 3. The fourth-order valence-electron chi connectivity index (χ4n) is 1.15. The van der Waals surface area contributed by atoms with Crippen LogP contribution in [0.4, 0.5) is 8.78 Å². The fraction of sp³-hybridized carbons (Fsp3) is 0.333. The van der Waals surface area contributed by atoms with Crippen molar-refractivity contribution in [2.24, 2.45) is 0 Å². The summed E-state index contributed by atoms with van der Waals surface area (Å²) >= 11 is 1.63. The van der Waals surface area contributed by atoms with Crippen molar-refractivity contribution in [3.8, 4) is 5.75 Å². The molecule has 0 radical (unpaired) electrons. The van der Waals surface area contributed by atoms with Gasteiger partial charge in [0, 0.05) is 6.54 Å². The molecule has 0 saturated heterocycles. The minimum atomic E-state index is -1.66. The highest BCUT2D eigenvalue weighted by atomic mass is 127. The van der Waals surface area contributed by atoms with E-state index in [2.05, 4.69) is 0 Å². The van der Waals surface area contributed by atoms with E-state index < -0.39 is 6.08 Å². The van der Waals surface area contributed by atoms with Crippen molar-refractivity contribution in [1.29, 1.82) is 0 Å². The maximum absolute atomic E-state index is 12.3. The number of benzene rings is 1. The maximum atomic E-state index is 12.3. The summed E-state index contributed by atoms with van der Waals surface area (Å²) in [6, 6.07) is 6.66. The first-order valence-electron chi connectivity index (χ1n) is 5.09.